The van der Waals surface area contributed by atoms with Gasteiger partial charge in [-0.1, -0.05) is 0 Å². The van der Waals surface area contributed by atoms with E-state index in [4.69, 9.17) is 0 Å². The van der Waals surface area contributed by atoms with Gasteiger partial charge in [0.15, 0.2) is 0 Å². The fourth-order valence-corrected chi connectivity index (χ4v) is 2.78. The van der Waals surface area contributed by atoms with E-state index in [1.54, 1.807) is 0 Å². The number of nitrogens with one attached hydrogen (secondary N) is 1. The Kier molecular flexibility index (Phi) is 1.85. The number of aromatic nitrogens is 1. The van der Waals surface area contributed by atoms with Crippen LogP contribution in [0.15, 0.2) is 30.5 Å². The van der Waals surface area contributed by atoms with E-state index < -0.39 is 0 Å². The Morgan fingerprint density at radius 2 is 2.18 bits per heavy atom. The van der Waals surface area contributed by atoms with Gasteiger partial charge in [-0.15, -0.1) is 0 Å². The molecule has 1 N–H and O–H groups in total. The molecule has 0 aliphatic carbocycles. The van der Waals surface area contributed by atoms with Crippen molar-refractivity contribution in [3.05, 3.63) is 34.0 Å². The number of H-pyrrole nitrogens is 1. The maximum atomic E-state index is 3.27. The second-order valence-electron chi connectivity index (χ2n) is 2.37. The molecule has 11 heavy (non-hydrogen) atoms. The molecule has 2 rings (SSSR count). The summed E-state index contributed by atoms with van der Waals surface area (Å²) in [6.07, 6.45) is 2.01. The van der Waals surface area contributed by atoms with E-state index >= 15 is 0 Å². The number of aromatic amines is 1. The van der Waals surface area contributed by atoms with Crippen LogP contribution in [0.25, 0.3) is 10.9 Å². The maximum absolute atomic E-state index is 3.27. The average Bonchev–Trinajstić information content (AvgIpc) is 2.50. The van der Waals surface area contributed by atoms with Crippen molar-refractivity contribution in [3.63, 3.8) is 0 Å². The predicted molar refractivity (Wildman–Crippen MR) is 42.9 cm³/mol. The van der Waals surface area contributed by atoms with Crippen LogP contribution in [-0.4, -0.2) is 9.91 Å². The Morgan fingerprint density at radius 3 is 3.00 bits per heavy atom. The Morgan fingerprint density at radius 1 is 1.27 bits per heavy atom. The molecular formula is C9H9IN-. The van der Waals surface area contributed by atoms with E-state index in [1.165, 1.54) is 14.5 Å². The van der Waals surface area contributed by atoms with Crippen LogP contribution in [-0.2, 0) is 0 Å². The quantitative estimate of drug-likeness (QED) is 0.502. The molecule has 2 heteroatoms. The molecule has 2 aromatic rings. The topological polar surface area (TPSA) is 15.8 Å². The van der Waals surface area contributed by atoms with Crippen molar-refractivity contribution in [2.45, 2.75) is 0 Å². The Bertz CT molecular complexity index is 364. The molecule has 58 valence electrons. The van der Waals surface area contributed by atoms with E-state index in [0.717, 1.165) is 0 Å². The zero-order valence-electron chi connectivity index (χ0n) is 6.26. The van der Waals surface area contributed by atoms with Crippen LogP contribution in [0.1, 0.15) is 0 Å². The van der Waals surface area contributed by atoms with Crippen LogP contribution >= 0.6 is 0 Å². The molecule has 0 atom stereocenters. The van der Waals surface area contributed by atoms with Crippen molar-refractivity contribution in [1.82, 2.24) is 4.98 Å². The number of hydrogen-bond donors (Lipinski definition) is 1. The van der Waals surface area contributed by atoms with Crippen molar-refractivity contribution in [3.8, 4) is 0 Å². The normalized spacial score (nSPS) is 11.0. The van der Waals surface area contributed by atoms with Crippen molar-refractivity contribution in [2.75, 3.05) is 4.93 Å². The number of fused-ring (bicyclic) bond motifs is 1. The first kappa shape index (κ1) is 7.16. The summed E-state index contributed by atoms with van der Waals surface area (Å²) in [5.74, 6) is 0. The molecule has 0 saturated heterocycles. The van der Waals surface area contributed by atoms with E-state index in [0.29, 0.717) is 0 Å². The van der Waals surface area contributed by atoms with Crippen molar-refractivity contribution < 1.29 is 21.2 Å². The number of para-hydroxylation sites is 1. The summed E-state index contributed by atoms with van der Waals surface area (Å²) in [7, 11) is 0. The molecule has 1 nitrogen and oxygen atoms in total. The van der Waals surface area contributed by atoms with Crippen molar-refractivity contribution in [1.29, 1.82) is 0 Å². The van der Waals surface area contributed by atoms with Crippen LogP contribution in [0.3, 0.4) is 0 Å². The summed E-state index contributed by atoms with van der Waals surface area (Å²) >= 11 is 0.202. The van der Waals surface area contributed by atoms with Gasteiger partial charge >= 0.3 is 76.1 Å². The van der Waals surface area contributed by atoms with Gasteiger partial charge in [0.1, 0.15) is 0 Å². The summed E-state index contributed by atoms with van der Waals surface area (Å²) < 4.78 is 1.51. The first-order chi connectivity index (χ1) is 5.42. The second kappa shape index (κ2) is 2.85. The van der Waals surface area contributed by atoms with Gasteiger partial charge in [-0.3, -0.25) is 0 Å². The first-order valence-electron chi connectivity index (χ1n) is 3.47. The predicted octanol–water partition coefficient (Wildman–Crippen LogP) is -0.944. The fraction of sp³-hybridized carbons (Fsp3) is 0.111. The molecule has 1 aromatic heterocycles. The summed E-state index contributed by atoms with van der Waals surface area (Å²) in [6.45, 7) is 0. The van der Waals surface area contributed by atoms with Crippen LogP contribution in [0.5, 0.6) is 0 Å². The van der Waals surface area contributed by atoms with Gasteiger partial charge in [-0.25, -0.2) is 0 Å². The molecule has 0 spiro atoms. The molecule has 1 aromatic carbocycles. The van der Waals surface area contributed by atoms with Crippen molar-refractivity contribution >= 4 is 10.9 Å². The molecule has 0 amide bonds. The Labute approximate surface area is 76.1 Å². The number of benzene rings is 1. The molecule has 0 unspecified atom stereocenters. The van der Waals surface area contributed by atoms with E-state index in [9.17, 15) is 0 Å². The number of hydrogen-bond acceptors (Lipinski definition) is 0. The van der Waals surface area contributed by atoms with Gasteiger partial charge in [-0.2, -0.15) is 0 Å². The third kappa shape index (κ3) is 1.15. The molecule has 0 aliphatic heterocycles. The monoisotopic (exact) mass is 258 g/mol. The summed E-state index contributed by atoms with van der Waals surface area (Å²) in [5, 5.41) is 1.34. The third-order valence-electron chi connectivity index (χ3n) is 1.74. The fourth-order valence-electron chi connectivity index (χ4n) is 1.20. The molecule has 0 fully saturated rings. The van der Waals surface area contributed by atoms with Gasteiger partial charge in [0.2, 0.25) is 0 Å². The zero-order valence-corrected chi connectivity index (χ0v) is 8.42. The number of halogens is 1. The number of rotatable bonds is 1. The van der Waals surface area contributed by atoms with Gasteiger partial charge in [-0.05, 0) is 0 Å². The molecule has 0 aliphatic rings. The van der Waals surface area contributed by atoms with Crippen LogP contribution < -0.4 is 21.2 Å². The SMILES string of the molecule is C[I-]c1cccc2cc[nH]c12. The van der Waals surface area contributed by atoms with Gasteiger partial charge in [0, 0.05) is 0 Å². The summed E-state index contributed by atoms with van der Waals surface area (Å²) in [5.41, 5.74) is 1.34. The van der Waals surface area contributed by atoms with Crippen LogP contribution in [0, 0.1) is 3.57 Å². The third-order valence-corrected chi connectivity index (χ3v) is 3.80. The van der Waals surface area contributed by atoms with Gasteiger partial charge in [0.25, 0.3) is 0 Å². The zero-order chi connectivity index (χ0) is 7.68. The minimum atomic E-state index is 0.202. The summed E-state index contributed by atoms with van der Waals surface area (Å²) in [6, 6.07) is 8.62. The van der Waals surface area contributed by atoms with Crippen molar-refractivity contribution in [2.24, 2.45) is 0 Å². The molecule has 0 saturated carbocycles. The Hall–Kier alpha value is -0.510. The minimum absolute atomic E-state index is 0.202. The van der Waals surface area contributed by atoms with Crippen LogP contribution in [0.2, 0.25) is 0 Å². The molecule has 0 bridgehead atoms. The average molecular weight is 258 g/mol. The van der Waals surface area contributed by atoms with Gasteiger partial charge < -0.3 is 0 Å². The molecule has 0 radical (unpaired) electrons. The first-order valence-corrected chi connectivity index (χ1v) is 6.71. The number of alkyl halides is 1. The van der Waals surface area contributed by atoms with Crippen LogP contribution in [0.4, 0.5) is 0 Å². The standard InChI is InChI=1S/C9H9IN/c1-10-8-4-2-3-7-5-6-11-9(7)8/h2-6,11H,1H3/q-1. The molecular weight excluding hydrogens is 249 g/mol. The second-order valence-corrected chi connectivity index (χ2v) is 4.61. The Balaban J connectivity index is 2.79. The van der Waals surface area contributed by atoms with E-state index in [2.05, 4.69) is 34.2 Å². The summed E-state index contributed by atoms with van der Waals surface area (Å²) in [4.78, 5) is 5.55. The van der Waals surface area contributed by atoms with E-state index in [1.807, 2.05) is 6.20 Å². The van der Waals surface area contributed by atoms with E-state index in [-0.39, 0.29) is 21.2 Å². The molecule has 1 heterocycles. The van der Waals surface area contributed by atoms with Gasteiger partial charge in [0.05, 0.1) is 0 Å².